The van der Waals surface area contributed by atoms with Gasteiger partial charge >= 0.3 is 0 Å². The van der Waals surface area contributed by atoms with Crippen LogP contribution in [0.1, 0.15) is 63.0 Å². The summed E-state index contributed by atoms with van der Waals surface area (Å²) in [6.45, 7) is 9.36. The molecule has 0 atom stereocenters. The van der Waals surface area contributed by atoms with Crippen LogP contribution in [0.4, 0.5) is 16.0 Å². The number of methoxy groups -OCH3 is 1. The summed E-state index contributed by atoms with van der Waals surface area (Å²) in [5, 5.41) is 18.5. The van der Waals surface area contributed by atoms with E-state index >= 15 is 0 Å². The Labute approximate surface area is 222 Å². The number of carbonyl (C=O) groups excluding carboxylic acids is 1. The second kappa shape index (κ2) is 12.9. The number of pyridine rings is 1. The van der Waals surface area contributed by atoms with Gasteiger partial charge in [-0.1, -0.05) is 19.9 Å². The number of nitrogens with one attached hydrogen (secondary N) is 3. The molecule has 0 spiro atoms. The van der Waals surface area contributed by atoms with Crippen LogP contribution in [-0.2, 0) is 0 Å². The summed E-state index contributed by atoms with van der Waals surface area (Å²) in [6.07, 6.45) is 4.29. The molecule has 0 bridgehead atoms. The third-order valence-electron chi connectivity index (χ3n) is 5.98. The van der Waals surface area contributed by atoms with Crippen molar-refractivity contribution >= 4 is 40.8 Å². The SMILES string of the molecule is CC.COc1nc2cc(F)c(C(=O)Nc3cccc(C(=N)N(C=N)C(C)C)n3)cc2nc1N1CCCCC1. The normalized spacial score (nSPS) is 13.0. The fraction of sp³-hybridized carbons (Fsp3) is 0.407. The summed E-state index contributed by atoms with van der Waals surface area (Å²) >= 11 is 0. The molecule has 202 valence electrons. The summed E-state index contributed by atoms with van der Waals surface area (Å²) in [6, 6.07) is 7.23. The lowest BCUT2D eigenvalue weighted by atomic mass is 10.1. The molecule has 0 saturated carbocycles. The van der Waals surface area contributed by atoms with Crippen LogP contribution in [0, 0.1) is 16.6 Å². The number of aromatic nitrogens is 3. The third kappa shape index (κ3) is 6.21. The van der Waals surface area contributed by atoms with Crippen LogP contribution in [0.5, 0.6) is 5.88 Å². The molecule has 2 aromatic heterocycles. The predicted octanol–water partition coefficient (Wildman–Crippen LogP) is 5.08. The minimum Gasteiger partial charge on any atom is -0.478 e. The highest BCUT2D eigenvalue weighted by molar-refractivity contribution is 6.06. The van der Waals surface area contributed by atoms with Crippen molar-refractivity contribution in [3.05, 3.63) is 47.4 Å². The van der Waals surface area contributed by atoms with Crippen LogP contribution >= 0.6 is 0 Å². The van der Waals surface area contributed by atoms with E-state index in [0.29, 0.717) is 17.2 Å². The van der Waals surface area contributed by atoms with Crippen molar-refractivity contribution in [2.24, 2.45) is 0 Å². The van der Waals surface area contributed by atoms with Gasteiger partial charge in [-0.05, 0) is 51.3 Å². The molecular weight excluding hydrogens is 487 g/mol. The summed E-state index contributed by atoms with van der Waals surface area (Å²) in [5.41, 5.74) is 0.742. The Balaban J connectivity index is 0.00000195. The van der Waals surface area contributed by atoms with Gasteiger partial charge in [0.2, 0.25) is 0 Å². The molecule has 10 nitrogen and oxygen atoms in total. The van der Waals surface area contributed by atoms with Crippen molar-refractivity contribution in [2.75, 3.05) is 30.4 Å². The number of carbonyl (C=O) groups is 1. The minimum absolute atomic E-state index is 0.0162. The topological polar surface area (TPSA) is 131 Å². The number of ether oxygens (including phenoxy) is 1. The number of fused-ring (bicyclic) bond motifs is 1. The maximum Gasteiger partial charge on any atom is 0.259 e. The molecule has 3 aromatic rings. The highest BCUT2D eigenvalue weighted by Crippen LogP contribution is 2.30. The van der Waals surface area contributed by atoms with Gasteiger partial charge in [0.05, 0.1) is 30.0 Å². The van der Waals surface area contributed by atoms with Gasteiger partial charge in [-0.3, -0.25) is 15.6 Å². The molecule has 1 aliphatic rings. The van der Waals surface area contributed by atoms with Gasteiger partial charge < -0.3 is 19.9 Å². The molecule has 0 radical (unpaired) electrons. The number of piperidine rings is 1. The number of halogens is 1. The number of hydrogen-bond donors (Lipinski definition) is 3. The van der Waals surface area contributed by atoms with Crippen LogP contribution in [-0.4, -0.2) is 64.2 Å². The number of amidine groups is 1. The molecule has 0 aliphatic carbocycles. The summed E-state index contributed by atoms with van der Waals surface area (Å²) in [4.78, 5) is 29.9. The predicted molar refractivity (Wildman–Crippen MR) is 148 cm³/mol. The molecule has 1 aliphatic heterocycles. The second-order valence-electron chi connectivity index (χ2n) is 8.77. The van der Waals surface area contributed by atoms with Gasteiger partial charge in [-0.15, -0.1) is 0 Å². The Morgan fingerprint density at radius 2 is 1.82 bits per heavy atom. The molecule has 0 unspecified atom stereocenters. The Morgan fingerprint density at radius 3 is 2.45 bits per heavy atom. The number of anilines is 2. The van der Waals surface area contributed by atoms with E-state index < -0.39 is 11.7 Å². The molecule has 38 heavy (non-hydrogen) atoms. The Morgan fingerprint density at radius 1 is 1.13 bits per heavy atom. The first kappa shape index (κ1) is 28.4. The lowest BCUT2D eigenvalue weighted by molar-refractivity contribution is 0.102. The standard InChI is InChI=1S/C25H29FN8O2.C2H6/c1-15(2)34(14-27)22(28)18-8-7-9-21(29-18)32-24(35)16-12-19-20(13-17(16)26)31-25(36-3)23(30-19)33-10-5-4-6-11-33;1-2/h7-9,12-15,27-28H,4-6,10-11H2,1-3H3,(H,29,32,35);1-2H3. The highest BCUT2D eigenvalue weighted by atomic mass is 19.1. The molecule has 1 saturated heterocycles. The number of rotatable bonds is 7. The maximum absolute atomic E-state index is 14.9. The molecule has 1 amide bonds. The van der Waals surface area contributed by atoms with E-state index in [-0.39, 0.29) is 34.5 Å². The number of nitrogens with zero attached hydrogens (tertiary/aromatic N) is 5. The first-order chi connectivity index (χ1) is 18.3. The smallest absolute Gasteiger partial charge is 0.259 e. The maximum atomic E-state index is 14.9. The molecule has 1 fully saturated rings. The van der Waals surface area contributed by atoms with Crippen molar-refractivity contribution in [1.29, 1.82) is 10.8 Å². The fourth-order valence-electron chi connectivity index (χ4n) is 4.10. The van der Waals surface area contributed by atoms with E-state index in [4.69, 9.17) is 15.6 Å². The summed E-state index contributed by atoms with van der Waals surface area (Å²) in [7, 11) is 1.50. The van der Waals surface area contributed by atoms with Gasteiger partial charge in [0.25, 0.3) is 11.8 Å². The molecular formula is C27H35FN8O2. The summed E-state index contributed by atoms with van der Waals surface area (Å²) < 4.78 is 20.4. The number of benzene rings is 1. The van der Waals surface area contributed by atoms with Crippen LogP contribution in [0.3, 0.4) is 0 Å². The summed E-state index contributed by atoms with van der Waals surface area (Å²) in [5.74, 6) is -0.370. The zero-order valence-corrected chi connectivity index (χ0v) is 22.5. The van der Waals surface area contributed by atoms with E-state index in [0.717, 1.165) is 38.7 Å². The second-order valence-corrected chi connectivity index (χ2v) is 8.77. The van der Waals surface area contributed by atoms with Crippen LogP contribution in [0.25, 0.3) is 11.0 Å². The Kier molecular flexibility index (Phi) is 9.64. The van der Waals surface area contributed by atoms with E-state index in [1.807, 2.05) is 27.7 Å². The third-order valence-corrected chi connectivity index (χ3v) is 5.98. The van der Waals surface area contributed by atoms with Gasteiger partial charge in [-0.2, -0.15) is 0 Å². The number of hydrogen-bond acceptors (Lipinski definition) is 8. The minimum atomic E-state index is -0.749. The van der Waals surface area contributed by atoms with E-state index in [1.165, 1.54) is 24.1 Å². The van der Waals surface area contributed by atoms with Crippen molar-refractivity contribution in [1.82, 2.24) is 19.9 Å². The van der Waals surface area contributed by atoms with Crippen LogP contribution in [0.2, 0.25) is 0 Å². The van der Waals surface area contributed by atoms with E-state index in [1.54, 1.807) is 18.2 Å². The Bertz CT molecular complexity index is 1310. The van der Waals surface area contributed by atoms with Gasteiger partial charge in [0.15, 0.2) is 11.7 Å². The number of amides is 1. The quantitative estimate of drug-likeness (QED) is 0.291. The monoisotopic (exact) mass is 522 g/mol. The molecule has 4 rings (SSSR count). The van der Waals surface area contributed by atoms with Crippen molar-refractivity contribution in [3.63, 3.8) is 0 Å². The van der Waals surface area contributed by atoms with Gasteiger partial charge in [-0.25, -0.2) is 19.3 Å². The van der Waals surface area contributed by atoms with E-state index in [2.05, 4.69) is 25.2 Å². The average Bonchev–Trinajstić information content (AvgIpc) is 2.93. The molecule has 3 heterocycles. The van der Waals surface area contributed by atoms with Gasteiger partial charge in [0, 0.05) is 25.2 Å². The zero-order valence-electron chi connectivity index (χ0n) is 22.5. The van der Waals surface area contributed by atoms with E-state index in [9.17, 15) is 9.18 Å². The first-order valence-corrected chi connectivity index (χ1v) is 12.8. The highest BCUT2D eigenvalue weighted by Gasteiger charge is 2.22. The lowest BCUT2D eigenvalue weighted by Gasteiger charge is -2.28. The fourth-order valence-corrected chi connectivity index (χ4v) is 4.10. The van der Waals surface area contributed by atoms with Crippen molar-refractivity contribution in [2.45, 2.75) is 53.0 Å². The zero-order chi connectivity index (χ0) is 27.8. The molecule has 11 heteroatoms. The molecule has 1 aromatic carbocycles. The Hall–Kier alpha value is -4.15. The van der Waals surface area contributed by atoms with Crippen molar-refractivity contribution < 1.29 is 13.9 Å². The van der Waals surface area contributed by atoms with Crippen LogP contribution in [0.15, 0.2) is 30.3 Å². The van der Waals surface area contributed by atoms with Crippen LogP contribution < -0.4 is 15.0 Å². The molecule has 3 N–H and O–H groups in total. The average molecular weight is 523 g/mol. The largest absolute Gasteiger partial charge is 0.478 e. The first-order valence-electron chi connectivity index (χ1n) is 12.8. The van der Waals surface area contributed by atoms with Gasteiger partial charge in [0.1, 0.15) is 17.3 Å². The van der Waals surface area contributed by atoms with Crippen molar-refractivity contribution in [3.8, 4) is 5.88 Å². The lowest BCUT2D eigenvalue weighted by Crippen LogP contribution is -2.36.